The van der Waals surface area contributed by atoms with E-state index in [0.29, 0.717) is 12.5 Å². The van der Waals surface area contributed by atoms with Gasteiger partial charge in [-0.1, -0.05) is 48.0 Å². The minimum Gasteiger partial charge on any atom is -0.339 e. The molecule has 2 aromatic rings. The maximum absolute atomic E-state index is 12.7. The number of benzene rings is 2. The third-order valence-corrected chi connectivity index (χ3v) is 6.88. The number of carbonyl (C=O) groups excluding carboxylic acids is 1. The Balaban J connectivity index is 1.48. The monoisotopic (exact) mass is 394 g/mol. The Morgan fingerprint density at radius 3 is 2.68 bits per heavy atom. The third-order valence-electron chi connectivity index (χ3n) is 6.56. The number of hydrogen-bond acceptors (Lipinski definition) is 2. The van der Waals surface area contributed by atoms with Gasteiger partial charge in [0.15, 0.2) is 0 Å². The lowest BCUT2D eigenvalue weighted by atomic mass is 9.73. The first kappa shape index (κ1) is 19.2. The van der Waals surface area contributed by atoms with Gasteiger partial charge in [0.2, 0.25) is 5.91 Å². The number of nitrogens with zero attached hydrogens (tertiary/aromatic N) is 1. The van der Waals surface area contributed by atoms with Gasteiger partial charge in [0.1, 0.15) is 0 Å². The van der Waals surface area contributed by atoms with E-state index in [4.69, 9.17) is 17.3 Å². The van der Waals surface area contributed by atoms with E-state index in [1.54, 1.807) is 6.08 Å². The van der Waals surface area contributed by atoms with Gasteiger partial charge in [-0.3, -0.25) is 4.79 Å². The minimum absolute atomic E-state index is 0.0637. The van der Waals surface area contributed by atoms with Crippen LogP contribution in [0, 0.1) is 6.92 Å². The number of likely N-dealkylation sites (tertiary alicyclic amines) is 1. The largest absolute Gasteiger partial charge is 0.339 e. The molecule has 2 aliphatic rings. The van der Waals surface area contributed by atoms with Crippen LogP contribution in [0.25, 0.3) is 6.08 Å². The second-order valence-corrected chi connectivity index (χ2v) is 8.54. The molecule has 2 N–H and O–H groups in total. The average Bonchev–Trinajstić information content (AvgIpc) is 3.02. The van der Waals surface area contributed by atoms with E-state index in [9.17, 15) is 4.79 Å². The van der Waals surface area contributed by atoms with E-state index in [-0.39, 0.29) is 11.3 Å². The smallest absolute Gasteiger partial charge is 0.246 e. The fraction of sp³-hybridized carbons (Fsp3) is 0.375. The normalized spacial score (nSPS) is 20.7. The van der Waals surface area contributed by atoms with Crippen molar-refractivity contribution in [3.8, 4) is 0 Å². The number of aryl methyl sites for hydroxylation is 1. The second kappa shape index (κ2) is 7.73. The number of halogens is 1. The van der Waals surface area contributed by atoms with Gasteiger partial charge in [0.05, 0.1) is 0 Å². The number of piperidine rings is 1. The standard InChI is InChI=1S/C24H27ClN2O/c1-17-5-2-3-6-18(17)9-10-22(28)27-13-11-24(12-14-27)15-19(16-26)20-7-4-8-21(25)23(20)24/h2-10,19H,11-16,26H2,1H3/b10-9+. The van der Waals surface area contributed by atoms with E-state index < -0.39 is 0 Å². The Hall–Kier alpha value is -2.10. The number of hydrogen-bond donors (Lipinski definition) is 1. The molecule has 1 heterocycles. The molecule has 1 saturated heterocycles. The van der Waals surface area contributed by atoms with Gasteiger partial charge in [-0.2, -0.15) is 0 Å². The van der Waals surface area contributed by atoms with E-state index in [1.807, 2.05) is 41.3 Å². The average molecular weight is 395 g/mol. The lowest BCUT2D eigenvalue weighted by Crippen LogP contribution is -2.44. The van der Waals surface area contributed by atoms with Crippen LogP contribution in [0.1, 0.15) is 47.4 Å². The molecule has 28 heavy (non-hydrogen) atoms. The van der Waals surface area contributed by atoms with E-state index in [1.165, 1.54) is 16.7 Å². The fourth-order valence-electron chi connectivity index (χ4n) is 4.98. The summed E-state index contributed by atoms with van der Waals surface area (Å²) in [4.78, 5) is 14.7. The highest BCUT2D eigenvalue weighted by Gasteiger charge is 2.46. The molecule has 146 valence electrons. The van der Waals surface area contributed by atoms with Gasteiger partial charge in [0, 0.05) is 29.6 Å². The summed E-state index contributed by atoms with van der Waals surface area (Å²) in [6.45, 7) is 4.23. The molecule has 1 atom stereocenters. The van der Waals surface area contributed by atoms with Crippen molar-refractivity contribution in [1.82, 2.24) is 4.90 Å². The summed E-state index contributed by atoms with van der Waals surface area (Å²) < 4.78 is 0. The van der Waals surface area contributed by atoms with Crippen LogP contribution in [0.2, 0.25) is 5.02 Å². The first-order chi connectivity index (χ1) is 13.5. The lowest BCUT2D eigenvalue weighted by molar-refractivity contribution is -0.127. The van der Waals surface area contributed by atoms with Gasteiger partial charge in [0.25, 0.3) is 0 Å². The Bertz CT molecular complexity index is 913. The summed E-state index contributed by atoms with van der Waals surface area (Å²) in [6.07, 6.45) is 6.57. The van der Waals surface area contributed by atoms with Crippen molar-refractivity contribution in [3.63, 3.8) is 0 Å². The van der Waals surface area contributed by atoms with E-state index in [0.717, 1.165) is 42.9 Å². The van der Waals surface area contributed by atoms with Gasteiger partial charge >= 0.3 is 0 Å². The summed E-state index contributed by atoms with van der Waals surface area (Å²) in [7, 11) is 0. The van der Waals surface area contributed by atoms with E-state index in [2.05, 4.69) is 19.1 Å². The molecule has 4 heteroatoms. The zero-order valence-electron chi connectivity index (χ0n) is 16.3. The molecule has 0 saturated carbocycles. The molecule has 3 nitrogen and oxygen atoms in total. The summed E-state index contributed by atoms with van der Waals surface area (Å²) >= 11 is 6.61. The Kier molecular flexibility index (Phi) is 5.31. The van der Waals surface area contributed by atoms with Crippen LogP contribution < -0.4 is 5.73 Å². The van der Waals surface area contributed by atoms with E-state index >= 15 is 0 Å². The molecule has 1 amide bonds. The Labute approximate surface area is 172 Å². The molecule has 1 aliphatic heterocycles. The van der Waals surface area contributed by atoms with Crippen molar-refractivity contribution in [2.45, 2.75) is 37.5 Å². The van der Waals surface area contributed by atoms with Crippen LogP contribution in [0.5, 0.6) is 0 Å². The van der Waals surface area contributed by atoms with Crippen molar-refractivity contribution in [2.24, 2.45) is 5.73 Å². The summed E-state index contributed by atoms with van der Waals surface area (Å²) in [6, 6.07) is 14.3. The Morgan fingerprint density at radius 1 is 1.21 bits per heavy atom. The maximum atomic E-state index is 12.7. The van der Waals surface area contributed by atoms with Crippen molar-refractivity contribution in [1.29, 1.82) is 0 Å². The Morgan fingerprint density at radius 2 is 1.96 bits per heavy atom. The van der Waals surface area contributed by atoms with Gasteiger partial charge < -0.3 is 10.6 Å². The van der Waals surface area contributed by atoms with Crippen molar-refractivity contribution >= 4 is 23.6 Å². The number of nitrogens with two attached hydrogens (primary N) is 1. The molecule has 0 aromatic heterocycles. The summed E-state index contributed by atoms with van der Waals surface area (Å²) in [5.74, 6) is 0.461. The molecule has 1 fully saturated rings. The SMILES string of the molecule is Cc1ccccc1/C=C/C(=O)N1CCC2(CC1)CC(CN)c1cccc(Cl)c12. The predicted molar refractivity (Wildman–Crippen MR) is 116 cm³/mol. The number of rotatable bonds is 3. The van der Waals surface area contributed by atoms with Gasteiger partial charge in [-0.15, -0.1) is 0 Å². The predicted octanol–water partition coefficient (Wildman–Crippen LogP) is 4.67. The van der Waals surface area contributed by atoms with Crippen LogP contribution in [0.4, 0.5) is 0 Å². The highest BCUT2D eigenvalue weighted by Crippen LogP contribution is 2.53. The highest BCUT2D eigenvalue weighted by molar-refractivity contribution is 6.31. The molecule has 2 aromatic carbocycles. The van der Waals surface area contributed by atoms with Gasteiger partial charge in [-0.25, -0.2) is 0 Å². The van der Waals surface area contributed by atoms with Crippen LogP contribution in [-0.4, -0.2) is 30.4 Å². The first-order valence-corrected chi connectivity index (χ1v) is 10.4. The second-order valence-electron chi connectivity index (χ2n) is 8.14. The molecule has 0 radical (unpaired) electrons. The molecule has 1 aliphatic carbocycles. The quantitative estimate of drug-likeness (QED) is 0.769. The van der Waals surface area contributed by atoms with Gasteiger partial charge in [-0.05, 0) is 73.0 Å². The van der Waals surface area contributed by atoms with Crippen LogP contribution in [0.3, 0.4) is 0 Å². The highest BCUT2D eigenvalue weighted by atomic mass is 35.5. The van der Waals surface area contributed by atoms with Crippen molar-refractivity contribution in [3.05, 3.63) is 75.8 Å². The zero-order valence-corrected chi connectivity index (χ0v) is 17.1. The minimum atomic E-state index is 0.0637. The fourth-order valence-corrected chi connectivity index (χ4v) is 5.37. The molecule has 4 rings (SSSR count). The molecule has 1 unspecified atom stereocenters. The lowest BCUT2D eigenvalue weighted by Gasteiger charge is -2.40. The third kappa shape index (κ3) is 3.38. The molecular formula is C24H27ClN2O. The molecular weight excluding hydrogens is 368 g/mol. The van der Waals surface area contributed by atoms with Crippen molar-refractivity contribution in [2.75, 3.05) is 19.6 Å². The maximum Gasteiger partial charge on any atom is 0.246 e. The summed E-state index contributed by atoms with van der Waals surface area (Å²) in [5, 5.41) is 0.854. The first-order valence-electron chi connectivity index (χ1n) is 10.1. The molecule has 1 spiro atoms. The topological polar surface area (TPSA) is 46.3 Å². The molecule has 0 bridgehead atoms. The zero-order chi connectivity index (χ0) is 19.7. The number of fused-ring (bicyclic) bond motifs is 2. The number of amides is 1. The van der Waals surface area contributed by atoms with Crippen molar-refractivity contribution < 1.29 is 4.79 Å². The number of carbonyl (C=O) groups is 1. The van der Waals surface area contributed by atoms with Crippen LogP contribution in [0.15, 0.2) is 48.5 Å². The van der Waals surface area contributed by atoms with Crippen LogP contribution >= 0.6 is 11.6 Å². The summed E-state index contributed by atoms with van der Waals surface area (Å²) in [5.41, 5.74) is 11.0. The van der Waals surface area contributed by atoms with Crippen LogP contribution in [-0.2, 0) is 10.2 Å².